The lowest BCUT2D eigenvalue weighted by Crippen LogP contribution is -2.43. The average Bonchev–Trinajstić information content (AvgIpc) is 3.31. The zero-order valence-electron chi connectivity index (χ0n) is 19.6. The van der Waals surface area contributed by atoms with E-state index in [1.807, 2.05) is 36.4 Å². The number of carbonyl (C=O) groups is 1. The predicted molar refractivity (Wildman–Crippen MR) is 127 cm³/mol. The third-order valence-electron chi connectivity index (χ3n) is 6.34. The number of ether oxygens (including phenoxy) is 1. The molecule has 1 N–H and O–H groups in total. The number of nitrogens with zero attached hydrogens (tertiary/aromatic N) is 3. The lowest BCUT2D eigenvalue weighted by Gasteiger charge is -2.32. The summed E-state index contributed by atoms with van der Waals surface area (Å²) in [5.74, 6) is 1.99. The molecule has 1 aromatic heterocycles. The molecule has 7 heteroatoms. The molecule has 0 aliphatic carbocycles. The highest BCUT2D eigenvalue weighted by Gasteiger charge is 2.28. The quantitative estimate of drug-likeness (QED) is 0.545. The molecule has 7 nitrogen and oxygen atoms in total. The van der Waals surface area contributed by atoms with Crippen molar-refractivity contribution in [3.05, 3.63) is 65.5 Å². The van der Waals surface area contributed by atoms with Crippen LogP contribution in [0.15, 0.2) is 53.1 Å². The molecule has 33 heavy (non-hydrogen) atoms. The fourth-order valence-electron chi connectivity index (χ4n) is 4.45. The lowest BCUT2D eigenvalue weighted by molar-refractivity contribution is -0.127. The molecular weight excluding hydrogens is 416 g/mol. The first-order chi connectivity index (χ1) is 16.1. The summed E-state index contributed by atoms with van der Waals surface area (Å²) in [6, 6.07) is 15.9. The van der Waals surface area contributed by atoms with E-state index in [4.69, 9.17) is 9.26 Å². The van der Waals surface area contributed by atoms with Gasteiger partial charge in [-0.05, 0) is 68.1 Å². The standard InChI is InChI=1S/C26H32N4O3/c1-4-23(22-10-6-5-8-18(22)2)27-26(31)20-9-7-15-30(16-20)17-24-28-25(29-33-24)19-11-13-21(32-3)14-12-19/h5-6,8,10-14,20,23H,4,7,9,15-17H2,1-3H3,(H,27,31). The maximum Gasteiger partial charge on any atom is 0.241 e. The molecule has 4 rings (SSSR count). The van der Waals surface area contributed by atoms with E-state index in [-0.39, 0.29) is 17.9 Å². The van der Waals surface area contributed by atoms with Crippen molar-refractivity contribution in [2.45, 2.75) is 45.7 Å². The number of likely N-dealkylation sites (tertiary alicyclic amines) is 1. The molecule has 3 aromatic rings. The largest absolute Gasteiger partial charge is 0.497 e. The normalized spacial score (nSPS) is 17.5. The molecule has 0 spiro atoms. The number of methoxy groups -OCH3 is 1. The first-order valence-corrected chi connectivity index (χ1v) is 11.6. The average molecular weight is 449 g/mol. The van der Waals surface area contributed by atoms with Gasteiger partial charge >= 0.3 is 0 Å². The highest BCUT2D eigenvalue weighted by atomic mass is 16.5. The Morgan fingerprint density at radius 1 is 1.24 bits per heavy atom. The molecule has 2 atom stereocenters. The van der Waals surface area contributed by atoms with Gasteiger partial charge in [-0.1, -0.05) is 36.3 Å². The Kier molecular flexibility index (Phi) is 7.40. The molecule has 0 bridgehead atoms. The van der Waals surface area contributed by atoms with Crippen LogP contribution in [0.5, 0.6) is 5.75 Å². The second-order valence-electron chi connectivity index (χ2n) is 8.64. The lowest BCUT2D eigenvalue weighted by atomic mass is 9.94. The minimum absolute atomic E-state index is 0.0390. The van der Waals surface area contributed by atoms with Crippen molar-refractivity contribution >= 4 is 5.91 Å². The maximum atomic E-state index is 13.1. The molecule has 1 saturated heterocycles. The third kappa shape index (κ3) is 5.60. The molecule has 174 valence electrons. The minimum Gasteiger partial charge on any atom is -0.497 e. The zero-order chi connectivity index (χ0) is 23.2. The highest BCUT2D eigenvalue weighted by Crippen LogP contribution is 2.24. The summed E-state index contributed by atoms with van der Waals surface area (Å²) >= 11 is 0. The number of amides is 1. The van der Waals surface area contributed by atoms with Crippen molar-refractivity contribution in [3.63, 3.8) is 0 Å². The van der Waals surface area contributed by atoms with Gasteiger partial charge in [0.15, 0.2) is 0 Å². The molecule has 1 aliphatic rings. The Morgan fingerprint density at radius 3 is 2.76 bits per heavy atom. The van der Waals surface area contributed by atoms with Crippen LogP contribution in [0, 0.1) is 12.8 Å². The second-order valence-corrected chi connectivity index (χ2v) is 8.64. The van der Waals surface area contributed by atoms with Crippen molar-refractivity contribution in [2.24, 2.45) is 5.92 Å². The predicted octanol–water partition coefficient (Wildman–Crippen LogP) is 4.53. The second kappa shape index (κ2) is 10.6. The molecule has 1 amide bonds. The van der Waals surface area contributed by atoms with E-state index in [1.165, 1.54) is 11.1 Å². The van der Waals surface area contributed by atoms with E-state index in [1.54, 1.807) is 7.11 Å². The van der Waals surface area contributed by atoms with Gasteiger partial charge in [0, 0.05) is 12.1 Å². The minimum atomic E-state index is -0.0409. The Balaban J connectivity index is 1.36. The van der Waals surface area contributed by atoms with E-state index in [0.29, 0.717) is 24.8 Å². The summed E-state index contributed by atoms with van der Waals surface area (Å²) in [6.45, 7) is 6.36. The number of rotatable bonds is 8. The fraction of sp³-hybridized carbons (Fsp3) is 0.423. The summed E-state index contributed by atoms with van der Waals surface area (Å²) in [5.41, 5.74) is 3.28. The van der Waals surface area contributed by atoms with Crippen molar-refractivity contribution in [2.75, 3.05) is 20.2 Å². The van der Waals surface area contributed by atoms with Crippen LogP contribution >= 0.6 is 0 Å². The fourth-order valence-corrected chi connectivity index (χ4v) is 4.45. The molecule has 1 aliphatic heterocycles. The number of aryl methyl sites for hydroxylation is 1. The molecule has 2 unspecified atom stereocenters. The first kappa shape index (κ1) is 23.0. The topological polar surface area (TPSA) is 80.5 Å². The molecule has 2 heterocycles. The Bertz CT molecular complexity index is 1060. The van der Waals surface area contributed by atoms with Crippen molar-refractivity contribution in [1.82, 2.24) is 20.4 Å². The Labute approximate surface area is 195 Å². The van der Waals surface area contributed by atoms with Gasteiger partial charge in [-0.2, -0.15) is 4.98 Å². The van der Waals surface area contributed by atoms with Crippen molar-refractivity contribution in [3.8, 4) is 17.1 Å². The van der Waals surface area contributed by atoms with Crippen LogP contribution in [-0.4, -0.2) is 41.1 Å². The van der Waals surface area contributed by atoms with Crippen LogP contribution in [-0.2, 0) is 11.3 Å². The Hall–Kier alpha value is -3.19. The molecule has 2 aromatic carbocycles. The van der Waals surface area contributed by atoms with Gasteiger partial charge in [-0.3, -0.25) is 9.69 Å². The first-order valence-electron chi connectivity index (χ1n) is 11.6. The van der Waals surface area contributed by atoms with E-state index in [9.17, 15) is 4.79 Å². The highest BCUT2D eigenvalue weighted by molar-refractivity contribution is 5.79. The van der Waals surface area contributed by atoms with Gasteiger partial charge < -0.3 is 14.6 Å². The van der Waals surface area contributed by atoms with Crippen LogP contribution in [0.3, 0.4) is 0 Å². The summed E-state index contributed by atoms with van der Waals surface area (Å²) in [4.78, 5) is 19.9. The molecule has 0 saturated carbocycles. The summed E-state index contributed by atoms with van der Waals surface area (Å²) in [6.07, 6.45) is 2.73. The summed E-state index contributed by atoms with van der Waals surface area (Å²) in [5, 5.41) is 7.41. The number of carbonyl (C=O) groups excluding carboxylic acids is 1. The zero-order valence-corrected chi connectivity index (χ0v) is 19.6. The van der Waals surface area contributed by atoms with Crippen molar-refractivity contribution in [1.29, 1.82) is 0 Å². The number of aromatic nitrogens is 2. The number of hydrogen-bond acceptors (Lipinski definition) is 6. The van der Waals surface area contributed by atoms with Gasteiger partial charge in [-0.15, -0.1) is 0 Å². The van der Waals surface area contributed by atoms with Gasteiger partial charge in [0.25, 0.3) is 0 Å². The van der Waals surface area contributed by atoms with Crippen LogP contribution in [0.25, 0.3) is 11.4 Å². The van der Waals surface area contributed by atoms with Crippen LogP contribution in [0.2, 0.25) is 0 Å². The summed E-state index contributed by atoms with van der Waals surface area (Å²) in [7, 11) is 1.64. The third-order valence-corrected chi connectivity index (χ3v) is 6.34. The van der Waals surface area contributed by atoms with Crippen LogP contribution in [0.1, 0.15) is 49.2 Å². The number of piperidine rings is 1. The molecular formula is C26H32N4O3. The van der Waals surface area contributed by atoms with E-state index in [2.05, 4.69) is 46.3 Å². The number of nitrogens with one attached hydrogen (secondary N) is 1. The van der Waals surface area contributed by atoms with Crippen LogP contribution in [0.4, 0.5) is 0 Å². The van der Waals surface area contributed by atoms with E-state index < -0.39 is 0 Å². The number of benzene rings is 2. The maximum absolute atomic E-state index is 13.1. The van der Waals surface area contributed by atoms with Gasteiger partial charge in [0.1, 0.15) is 5.75 Å². The number of hydrogen-bond donors (Lipinski definition) is 1. The van der Waals surface area contributed by atoms with Crippen molar-refractivity contribution < 1.29 is 14.1 Å². The van der Waals surface area contributed by atoms with Gasteiger partial charge in [-0.25, -0.2) is 0 Å². The Morgan fingerprint density at radius 2 is 2.03 bits per heavy atom. The summed E-state index contributed by atoms with van der Waals surface area (Å²) < 4.78 is 10.7. The monoisotopic (exact) mass is 448 g/mol. The molecule has 0 radical (unpaired) electrons. The van der Waals surface area contributed by atoms with Crippen LogP contribution < -0.4 is 10.1 Å². The smallest absolute Gasteiger partial charge is 0.241 e. The van der Waals surface area contributed by atoms with E-state index >= 15 is 0 Å². The van der Waals surface area contributed by atoms with Gasteiger partial charge in [0.05, 0.1) is 25.6 Å². The SMILES string of the molecule is CCC(NC(=O)C1CCCN(Cc2nc(-c3ccc(OC)cc3)no2)C1)c1ccccc1C. The molecule has 1 fully saturated rings. The van der Waals surface area contributed by atoms with Gasteiger partial charge in [0.2, 0.25) is 17.6 Å². The van der Waals surface area contributed by atoms with E-state index in [0.717, 1.165) is 37.1 Å².